The van der Waals surface area contributed by atoms with Crippen LogP contribution in [0.2, 0.25) is 0 Å². The minimum absolute atomic E-state index is 0.167. The Balaban J connectivity index is 3.05. The minimum atomic E-state index is -4.47. The molecule has 7 heteroatoms. The van der Waals surface area contributed by atoms with Gasteiger partial charge in [-0.3, -0.25) is 9.59 Å². The molecule has 0 aliphatic carbocycles. The molecule has 1 aromatic rings. The van der Waals surface area contributed by atoms with E-state index < -0.39 is 24.2 Å². The first kappa shape index (κ1) is 12.3. The number of nitrogens with zero attached hydrogens (tertiary/aromatic N) is 1. The van der Waals surface area contributed by atoms with Crippen LogP contribution in [0.5, 0.6) is 0 Å². The zero-order valence-corrected chi connectivity index (χ0v) is 8.34. The molecule has 0 aromatic carbocycles. The first-order chi connectivity index (χ1) is 7.29. The molecule has 1 N–H and O–H groups in total. The highest BCUT2D eigenvalue weighted by molar-refractivity contribution is 5.88. The molecular formula is C9H9F3N2O2. The van der Waals surface area contributed by atoms with Crippen LogP contribution < -0.4 is 10.9 Å². The maximum Gasteiger partial charge on any atom is 0.406 e. The number of carbonyl (C=O) groups excluding carboxylic acids is 1. The maximum absolute atomic E-state index is 12.1. The summed E-state index contributed by atoms with van der Waals surface area (Å²) >= 11 is 0. The average Bonchev–Trinajstić information content (AvgIpc) is 2.09. The quantitative estimate of drug-likeness (QED) is 0.840. The number of halogens is 3. The van der Waals surface area contributed by atoms with Crippen molar-refractivity contribution in [2.45, 2.75) is 19.6 Å². The first-order valence-electron chi connectivity index (χ1n) is 4.33. The van der Waals surface area contributed by atoms with E-state index in [1.54, 1.807) is 0 Å². The Bertz CT molecular complexity index is 451. The summed E-state index contributed by atoms with van der Waals surface area (Å²) in [5.74, 6) is -0.512. The summed E-state index contributed by atoms with van der Waals surface area (Å²) in [6.07, 6.45) is -3.46. The van der Waals surface area contributed by atoms with E-state index in [0.717, 1.165) is 6.20 Å². The van der Waals surface area contributed by atoms with Gasteiger partial charge >= 0.3 is 6.18 Å². The van der Waals surface area contributed by atoms with Gasteiger partial charge in [-0.1, -0.05) is 0 Å². The second-order valence-corrected chi connectivity index (χ2v) is 3.15. The number of hydrogen-bond donors (Lipinski definition) is 1. The Morgan fingerprint density at radius 2 is 2.12 bits per heavy atom. The third kappa shape index (κ3) is 3.41. The topological polar surface area (TPSA) is 51.1 Å². The maximum atomic E-state index is 12.1. The summed E-state index contributed by atoms with van der Waals surface area (Å²) < 4.78 is 36.7. The van der Waals surface area contributed by atoms with Gasteiger partial charge in [0.25, 0.3) is 5.56 Å². The van der Waals surface area contributed by atoms with E-state index in [0.29, 0.717) is 4.57 Å². The SMILES string of the molecule is CC(=O)Nc1cccn(CC(F)(F)F)c1=O. The van der Waals surface area contributed by atoms with Crippen LogP contribution >= 0.6 is 0 Å². The van der Waals surface area contributed by atoms with Gasteiger partial charge in [0, 0.05) is 13.1 Å². The van der Waals surface area contributed by atoms with Crippen LogP contribution in [0.3, 0.4) is 0 Å². The Morgan fingerprint density at radius 3 is 2.62 bits per heavy atom. The van der Waals surface area contributed by atoms with Gasteiger partial charge in [0.1, 0.15) is 12.2 Å². The number of nitrogens with one attached hydrogen (secondary N) is 1. The van der Waals surface area contributed by atoms with Crippen molar-refractivity contribution in [3.63, 3.8) is 0 Å². The van der Waals surface area contributed by atoms with E-state index in [1.807, 2.05) is 0 Å². The number of aromatic nitrogens is 1. The fourth-order valence-corrected chi connectivity index (χ4v) is 1.14. The predicted molar refractivity (Wildman–Crippen MR) is 51.1 cm³/mol. The smallest absolute Gasteiger partial charge is 0.322 e. The van der Waals surface area contributed by atoms with Crippen LogP contribution in [0, 0.1) is 0 Å². The van der Waals surface area contributed by atoms with Crippen molar-refractivity contribution in [1.29, 1.82) is 0 Å². The lowest BCUT2D eigenvalue weighted by Crippen LogP contribution is -2.29. The summed E-state index contributed by atoms with van der Waals surface area (Å²) in [4.78, 5) is 22.1. The fraction of sp³-hybridized carbons (Fsp3) is 0.333. The molecule has 0 bridgehead atoms. The molecule has 88 valence electrons. The molecule has 0 saturated carbocycles. The summed E-state index contributed by atoms with van der Waals surface area (Å²) in [6.45, 7) is -0.209. The van der Waals surface area contributed by atoms with Gasteiger partial charge in [-0.15, -0.1) is 0 Å². The van der Waals surface area contributed by atoms with Gasteiger partial charge in [-0.2, -0.15) is 13.2 Å². The fourth-order valence-electron chi connectivity index (χ4n) is 1.14. The van der Waals surface area contributed by atoms with E-state index in [2.05, 4.69) is 5.32 Å². The molecule has 0 spiro atoms. The molecule has 16 heavy (non-hydrogen) atoms. The number of alkyl halides is 3. The van der Waals surface area contributed by atoms with Gasteiger partial charge in [0.15, 0.2) is 0 Å². The highest BCUT2D eigenvalue weighted by Crippen LogP contribution is 2.16. The molecule has 4 nitrogen and oxygen atoms in total. The lowest BCUT2D eigenvalue weighted by atomic mass is 10.4. The number of amides is 1. The van der Waals surface area contributed by atoms with Crippen LogP contribution in [0.15, 0.2) is 23.1 Å². The van der Waals surface area contributed by atoms with E-state index >= 15 is 0 Å². The number of carbonyl (C=O) groups is 1. The lowest BCUT2D eigenvalue weighted by Gasteiger charge is -2.10. The Morgan fingerprint density at radius 1 is 1.50 bits per heavy atom. The van der Waals surface area contributed by atoms with Gasteiger partial charge in [0.05, 0.1) is 0 Å². The van der Waals surface area contributed by atoms with Crippen LogP contribution in [0.1, 0.15) is 6.92 Å². The molecule has 0 atom stereocenters. The number of rotatable bonds is 2. The Kier molecular flexibility index (Phi) is 3.36. The molecule has 0 aliphatic heterocycles. The number of anilines is 1. The van der Waals surface area contributed by atoms with Gasteiger partial charge in [-0.25, -0.2) is 0 Å². The first-order valence-corrected chi connectivity index (χ1v) is 4.33. The van der Waals surface area contributed by atoms with E-state index in [9.17, 15) is 22.8 Å². The van der Waals surface area contributed by atoms with Gasteiger partial charge < -0.3 is 9.88 Å². The highest BCUT2D eigenvalue weighted by Gasteiger charge is 2.28. The molecular weight excluding hydrogens is 225 g/mol. The molecule has 0 aliphatic rings. The van der Waals surface area contributed by atoms with Crippen molar-refractivity contribution in [2.75, 3.05) is 5.32 Å². The van der Waals surface area contributed by atoms with E-state index in [1.165, 1.54) is 19.1 Å². The minimum Gasteiger partial charge on any atom is -0.322 e. The highest BCUT2D eigenvalue weighted by atomic mass is 19.4. The monoisotopic (exact) mass is 234 g/mol. The van der Waals surface area contributed by atoms with Crippen LogP contribution in [-0.4, -0.2) is 16.7 Å². The second kappa shape index (κ2) is 4.38. The van der Waals surface area contributed by atoms with Crippen molar-refractivity contribution in [2.24, 2.45) is 0 Å². The standard InChI is InChI=1S/C9H9F3N2O2/c1-6(15)13-7-3-2-4-14(8(7)16)5-9(10,11)12/h2-4H,5H2,1H3,(H,13,15). The molecule has 0 unspecified atom stereocenters. The third-order valence-corrected chi connectivity index (χ3v) is 1.68. The zero-order valence-electron chi connectivity index (χ0n) is 8.34. The molecule has 0 radical (unpaired) electrons. The molecule has 1 rings (SSSR count). The lowest BCUT2D eigenvalue weighted by molar-refractivity contribution is -0.141. The van der Waals surface area contributed by atoms with E-state index in [-0.39, 0.29) is 5.69 Å². The Labute approximate surface area is 88.7 Å². The van der Waals surface area contributed by atoms with Gasteiger partial charge in [-0.05, 0) is 12.1 Å². The van der Waals surface area contributed by atoms with Crippen molar-refractivity contribution >= 4 is 11.6 Å². The molecule has 0 saturated heterocycles. The molecule has 1 aromatic heterocycles. The molecule has 1 amide bonds. The molecule has 0 fully saturated rings. The van der Waals surface area contributed by atoms with Crippen molar-refractivity contribution in [3.8, 4) is 0 Å². The summed E-state index contributed by atoms with van der Waals surface area (Å²) in [6, 6.07) is 2.51. The van der Waals surface area contributed by atoms with E-state index in [4.69, 9.17) is 0 Å². The molecule has 1 heterocycles. The van der Waals surface area contributed by atoms with Crippen molar-refractivity contribution in [3.05, 3.63) is 28.7 Å². The van der Waals surface area contributed by atoms with Crippen molar-refractivity contribution < 1.29 is 18.0 Å². The summed E-state index contributed by atoms with van der Waals surface area (Å²) in [5, 5.41) is 2.16. The summed E-state index contributed by atoms with van der Waals surface area (Å²) in [5.41, 5.74) is -1.05. The summed E-state index contributed by atoms with van der Waals surface area (Å²) in [7, 11) is 0. The van der Waals surface area contributed by atoms with Gasteiger partial charge in [0.2, 0.25) is 5.91 Å². The normalized spacial score (nSPS) is 11.2. The predicted octanol–water partition coefficient (Wildman–Crippen LogP) is 1.37. The second-order valence-electron chi connectivity index (χ2n) is 3.15. The largest absolute Gasteiger partial charge is 0.406 e. The number of pyridine rings is 1. The third-order valence-electron chi connectivity index (χ3n) is 1.68. The van der Waals surface area contributed by atoms with Crippen LogP contribution in [0.25, 0.3) is 0 Å². The Hall–Kier alpha value is -1.79. The zero-order chi connectivity index (χ0) is 12.3. The van der Waals surface area contributed by atoms with Crippen molar-refractivity contribution in [1.82, 2.24) is 4.57 Å². The number of hydrogen-bond acceptors (Lipinski definition) is 2. The van der Waals surface area contributed by atoms with Crippen LogP contribution in [-0.2, 0) is 11.3 Å². The average molecular weight is 234 g/mol. The van der Waals surface area contributed by atoms with Crippen LogP contribution in [0.4, 0.5) is 18.9 Å².